The number of hydrogen-bond acceptors (Lipinski definition) is 5. The number of fused-ring (bicyclic) bond motifs is 2. The van der Waals surface area contributed by atoms with Crippen molar-refractivity contribution in [2.75, 3.05) is 13.2 Å². The molecule has 0 fully saturated rings. The van der Waals surface area contributed by atoms with Crippen molar-refractivity contribution < 1.29 is 19.0 Å². The Morgan fingerprint density at radius 1 is 1.03 bits per heavy atom. The van der Waals surface area contributed by atoms with E-state index in [-0.39, 0.29) is 12.5 Å². The van der Waals surface area contributed by atoms with E-state index in [0.717, 1.165) is 10.2 Å². The summed E-state index contributed by atoms with van der Waals surface area (Å²) < 4.78 is 19.9. The number of ether oxygens (including phenoxy) is 3. The molecule has 4 aromatic rings. The number of nitrogens with zero attached hydrogens (tertiary/aromatic N) is 2. The molecule has 6 nitrogen and oxygen atoms in total. The van der Waals surface area contributed by atoms with E-state index in [0.29, 0.717) is 46.6 Å². The first-order valence-corrected chi connectivity index (χ1v) is 10.8. The molecule has 0 aliphatic carbocycles. The Kier molecular flexibility index (Phi) is 5.36. The molecule has 32 heavy (non-hydrogen) atoms. The third-order valence-electron chi connectivity index (χ3n) is 4.85. The van der Waals surface area contributed by atoms with Gasteiger partial charge in [-0.25, -0.2) is 0 Å². The molecule has 0 N–H and O–H groups in total. The van der Waals surface area contributed by atoms with Crippen molar-refractivity contribution in [1.82, 2.24) is 4.57 Å². The predicted molar refractivity (Wildman–Crippen MR) is 122 cm³/mol. The van der Waals surface area contributed by atoms with Gasteiger partial charge in [0.2, 0.25) is 0 Å². The number of aromatic nitrogens is 1. The first-order valence-electron chi connectivity index (χ1n) is 10.00. The summed E-state index contributed by atoms with van der Waals surface area (Å²) in [6.45, 7) is 1.28. The normalized spacial score (nSPS) is 13.0. The van der Waals surface area contributed by atoms with Crippen LogP contribution >= 0.6 is 11.3 Å². The van der Waals surface area contributed by atoms with E-state index in [9.17, 15) is 4.79 Å². The topological polar surface area (TPSA) is 62.1 Å². The lowest BCUT2D eigenvalue weighted by Crippen LogP contribution is -2.17. The lowest BCUT2D eigenvalue weighted by Gasteiger charge is -2.18. The second-order valence-electron chi connectivity index (χ2n) is 7.00. The highest BCUT2D eigenvalue weighted by atomic mass is 32.1. The Balaban J connectivity index is 1.52. The zero-order chi connectivity index (χ0) is 21.9. The molecule has 0 unspecified atom stereocenters. The summed E-state index contributed by atoms with van der Waals surface area (Å²) in [6, 6.07) is 20.1. The van der Waals surface area contributed by atoms with Crippen molar-refractivity contribution in [3.05, 3.63) is 77.1 Å². The van der Waals surface area contributed by atoms with Crippen LogP contribution in [0.25, 0.3) is 10.2 Å². The molecule has 0 spiro atoms. The van der Waals surface area contributed by atoms with Crippen LogP contribution in [0.4, 0.5) is 0 Å². The highest BCUT2D eigenvalue weighted by molar-refractivity contribution is 7.16. The molecule has 7 heteroatoms. The van der Waals surface area contributed by atoms with E-state index >= 15 is 0 Å². The van der Waals surface area contributed by atoms with Crippen LogP contribution in [0.15, 0.2) is 71.7 Å². The van der Waals surface area contributed by atoms with E-state index in [2.05, 4.69) is 10.9 Å². The minimum Gasteiger partial charge on any atom is -0.486 e. The molecule has 2 heterocycles. The second kappa shape index (κ2) is 8.61. The fourth-order valence-corrected chi connectivity index (χ4v) is 4.44. The Bertz CT molecular complexity index is 1410. The van der Waals surface area contributed by atoms with Gasteiger partial charge in [0.25, 0.3) is 5.91 Å². The summed E-state index contributed by atoms with van der Waals surface area (Å²) in [7, 11) is 0. The van der Waals surface area contributed by atoms with Gasteiger partial charge in [-0.1, -0.05) is 41.5 Å². The van der Waals surface area contributed by atoms with Crippen molar-refractivity contribution >= 4 is 27.5 Å². The summed E-state index contributed by atoms with van der Waals surface area (Å²) in [5.74, 6) is 4.86. The summed E-state index contributed by atoms with van der Waals surface area (Å²) in [5, 5.41) is 0. The standard InChI is InChI=1S/C25H18N2O4S/c1-2-11-27-20-15-21-22(30-13-12-29-21)16-23(20)32-25(27)26-24(28)17-7-6-10-19(14-17)31-18-8-4-3-5-9-18/h1,3-10,14-16H,11-13H2. The number of hydrogen-bond donors (Lipinski definition) is 0. The number of terminal acetylenes is 1. The van der Waals surface area contributed by atoms with Gasteiger partial charge < -0.3 is 18.8 Å². The van der Waals surface area contributed by atoms with Crippen LogP contribution in [0.1, 0.15) is 10.4 Å². The average molecular weight is 442 g/mol. The number of carbonyl (C=O) groups excluding carboxylic acids is 1. The quantitative estimate of drug-likeness (QED) is 0.432. The zero-order valence-electron chi connectivity index (χ0n) is 17.0. The van der Waals surface area contributed by atoms with Crippen LogP contribution in [0.2, 0.25) is 0 Å². The van der Waals surface area contributed by atoms with Gasteiger partial charge in [0, 0.05) is 17.7 Å². The molecule has 0 bridgehead atoms. The fraction of sp³-hybridized carbons (Fsp3) is 0.120. The van der Waals surface area contributed by atoms with E-state index < -0.39 is 0 Å². The van der Waals surface area contributed by atoms with Crippen LogP contribution in [-0.4, -0.2) is 23.7 Å². The third kappa shape index (κ3) is 3.96. The molecular formula is C25H18N2O4S. The first kappa shape index (κ1) is 19.9. The minimum absolute atomic E-state index is 0.281. The number of para-hydroxylation sites is 1. The van der Waals surface area contributed by atoms with E-state index in [1.807, 2.05) is 47.0 Å². The predicted octanol–water partition coefficient (Wildman–Crippen LogP) is 4.64. The van der Waals surface area contributed by atoms with Crippen LogP contribution in [0.5, 0.6) is 23.0 Å². The zero-order valence-corrected chi connectivity index (χ0v) is 17.8. The fourth-order valence-electron chi connectivity index (χ4n) is 3.40. The second-order valence-corrected chi connectivity index (χ2v) is 8.01. The van der Waals surface area contributed by atoms with Crippen LogP contribution in [0.3, 0.4) is 0 Å². The maximum absolute atomic E-state index is 13.0. The lowest BCUT2D eigenvalue weighted by atomic mass is 10.2. The summed E-state index contributed by atoms with van der Waals surface area (Å²) in [5.41, 5.74) is 1.28. The molecule has 0 saturated heterocycles. The smallest absolute Gasteiger partial charge is 0.279 e. The van der Waals surface area contributed by atoms with E-state index in [1.165, 1.54) is 11.3 Å². The molecule has 5 rings (SSSR count). The number of thiazole rings is 1. The number of rotatable bonds is 4. The summed E-state index contributed by atoms with van der Waals surface area (Å²) >= 11 is 1.38. The van der Waals surface area contributed by atoms with Crippen LogP contribution < -0.4 is 19.0 Å². The molecule has 1 aliphatic heterocycles. The van der Waals surface area contributed by atoms with Gasteiger partial charge in [0.15, 0.2) is 16.3 Å². The largest absolute Gasteiger partial charge is 0.486 e. The van der Waals surface area contributed by atoms with Gasteiger partial charge >= 0.3 is 0 Å². The van der Waals surface area contributed by atoms with Crippen LogP contribution in [0, 0.1) is 12.3 Å². The van der Waals surface area contributed by atoms with Crippen molar-refractivity contribution in [2.45, 2.75) is 6.54 Å². The number of amides is 1. The van der Waals surface area contributed by atoms with E-state index in [1.54, 1.807) is 24.3 Å². The summed E-state index contributed by atoms with van der Waals surface area (Å²) in [4.78, 5) is 17.9. The maximum atomic E-state index is 13.0. The van der Waals surface area contributed by atoms with Gasteiger partial charge in [-0.05, 0) is 30.3 Å². The molecule has 1 aromatic heterocycles. The molecule has 158 valence electrons. The van der Waals surface area contributed by atoms with Gasteiger partial charge in [0.1, 0.15) is 24.7 Å². The molecule has 1 amide bonds. The van der Waals surface area contributed by atoms with Gasteiger partial charge in [0.05, 0.1) is 16.8 Å². The Morgan fingerprint density at radius 3 is 2.56 bits per heavy atom. The minimum atomic E-state index is -0.377. The van der Waals surface area contributed by atoms with Crippen molar-refractivity contribution in [1.29, 1.82) is 0 Å². The highest BCUT2D eigenvalue weighted by Crippen LogP contribution is 2.35. The SMILES string of the molecule is C#CCn1c(=NC(=O)c2cccc(Oc3ccccc3)c2)sc2cc3c(cc21)OCCO3. The van der Waals surface area contributed by atoms with E-state index in [4.69, 9.17) is 20.6 Å². The lowest BCUT2D eigenvalue weighted by molar-refractivity contribution is 0.0997. The van der Waals surface area contributed by atoms with Crippen molar-refractivity contribution in [2.24, 2.45) is 4.99 Å². The third-order valence-corrected chi connectivity index (χ3v) is 5.89. The monoisotopic (exact) mass is 442 g/mol. The molecular weight excluding hydrogens is 424 g/mol. The molecule has 0 saturated carbocycles. The number of carbonyl (C=O) groups is 1. The van der Waals surface area contributed by atoms with Gasteiger partial charge in [-0.3, -0.25) is 4.79 Å². The molecule has 1 aliphatic rings. The Hall–Kier alpha value is -4.02. The Labute approximate surface area is 188 Å². The first-order chi connectivity index (χ1) is 15.7. The molecule has 3 aromatic carbocycles. The van der Waals surface area contributed by atoms with Crippen LogP contribution in [-0.2, 0) is 6.54 Å². The van der Waals surface area contributed by atoms with Gasteiger partial charge in [-0.15, -0.1) is 6.42 Å². The molecule has 0 atom stereocenters. The molecule has 0 radical (unpaired) electrons. The maximum Gasteiger partial charge on any atom is 0.279 e. The van der Waals surface area contributed by atoms with Crippen molar-refractivity contribution in [3.63, 3.8) is 0 Å². The Morgan fingerprint density at radius 2 is 1.78 bits per heavy atom. The summed E-state index contributed by atoms with van der Waals surface area (Å²) in [6.07, 6.45) is 5.59. The number of benzene rings is 3. The van der Waals surface area contributed by atoms with Gasteiger partial charge in [-0.2, -0.15) is 4.99 Å². The highest BCUT2D eigenvalue weighted by Gasteiger charge is 2.17. The average Bonchev–Trinajstić information content (AvgIpc) is 3.14. The van der Waals surface area contributed by atoms with Crippen molar-refractivity contribution in [3.8, 4) is 35.3 Å².